The van der Waals surface area contributed by atoms with Gasteiger partial charge in [-0.05, 0) is 31.1 Å². The summed E-state index contributed by atoms with van der Waals surface area (Å²) in [5, 5.41) is 0.236. The minimum absolute atomic E-state index is 0.0932. The number of hydrogen-bond acceptors (Lipinski definition) is 3. The van der Waals surface area contributed by atoms with Crippen LogP contribution in [-0.2, 0) is 13.9 Å². The maximum absolute atomic E-state index is 6.25. The smallest absolute Gasteiger partial charge is 0.192 e. The van der Waals surface area contributed by atoms with E-state index in [-0.39, 0.29) is 17.4 Å². The van der Waals surface area contributed by atoms with E-state index in [1.807, 2.05) is 13.0 Å². The molecule has 0 saturated carbocycles. The fourth-order valence-corrected chi connectivity index (χ4v) is 2.70. The van der Waals surface area contributed by atoms with E-state index in [1.165, 1.54) is 0 Å². The van der Waals surface area contributed by atoms with Crippen LogP contribution in [0.25, 0.3) is 0 Å². The van der Waals surface area contributed by atoms with Crippen LogP contribution in [0.2, 0.25) is 18.1 Å². The molecule has 0 fully saturated rings. The van der Waals surface area contributed by atoms with Crippen LogP contribution in [0, 0.1) is 5.92 Å². The third kappa shape index (κ3) is 4.70. The molecule has 0 amide bonds. The van der Waals surface area contributed by atoms with E-state index in [0.717, 1.165) is 0 Å². The number of hydrogen-bond donors (Lipinski definition) is 0. The molecule has 0 aliphatic carbocycles. The van der Waals surface area contributed by atoms with Crippen LogP contribution in [0.1, 0.15) is 34.6 Å². The Labute approximate surface area is 119 Å². The molecule has 1 unspecified atom stereocenters. The van der Waals surface area contributed by atoms with E-state index in [9.17, 15) is 0 Å². The van der Waals surface area contributed by atoms with Gasteiger partial charge in [0.2, 0.25) is 0 Å². The van der Waals surface area contributed by atoms with Crippen LogP contribution >= 0.6 is 0 Å². The Bertz CT molecular complexity index is 307. The van der Waals surface area contributed by atoms with E-state index >= 15 is 0 Å². The fraction of sp³-hybridized carbons (Fsp3) is 0.867. The summed E-state index contributed by atoms with van der Waals surface area (Å²) >= 11 is 0. The van der Waals surface area contributed by atoms with E-state index in [1.54, 1.807) is 0 Å². The fourth-order valence-electron chi connectivity index (χ4n) is 1.69. The van der Waals surface area contributed by atoms with Crippen LogP contribution in [0.4, 0.5) is 0 Å². The first-order chi connectivity index (χ1) is 8.67. The predicted octanol–water partition coefficient (Wildman–Crippen LogP) is 3.96. The van der Waals surface area contributed by atoms with Gasteiger partial charge >= 0.3 is 0 Å². The first kappa shape index (κ1) is 16.9. The molecule has 0 bridgehead atoms. The lowest BCUT2D eigenvalue weighted by atomic mass is 10.0. The van der Waals surface area contributed by atoms with E-state index in [0.29, 0.717) is 19.1 Å². The molecular formula is C15H30O3Si. The highest BCUT2D eigenvalue weighted by atomic mass is 28.4. The third-order valence-electron chi connectivity index (χ3n) is 4.21. The molecule has 4 heteroatoms. The van der Waals surface area contributed by atoms with E-state index in [4.69, 9.17) is 13.9 Å². The van der Waals surface area contributed by atoms with Crippen LogP contribution in [-0.4, -0.2) is 33.9 Å². The molecule has 0 aromatic carbocycles. The number of ether oxygens (including phenoxy) is 2. The summed E-state index contributed by atoms with van der Waals surface area (Å²) < 4.78 is 17.7. The summed E-state index contributed by atoms with van der Waals surface area (Å²) in [5.74, 6) is 0.376. The molecule has 3 atom stereocenters. The molecule has 0 N–H and O–H groups in total. The van der Waals surface area contributed by atoms with Crippen molar-refractivity contribution in [1.29, 1.82) is 0 Å². The van der Waals surface area contributed by atoms with Gasteiger partial charge in [0.15, 0.2) is 14.6 Å². The Kier molecular flexibility index (Phi) is 5.80. The highest BCUT2D eigenvalue weighted by molar-refractivity contribution is 6.74. The Morgan fingerprint density at radius 1 is 1.21 bits per heavy atom. The maximum Gasteiger partial charge on any atom is 0.192 e. The summed E-state index contributed by atoms with van der Waals surface area (Å²) in [5.41, 5.74) is 0. The molecule has 112 valence electrons. The number of rotatable bonds is 5. The molecule has 0 saturated heterocycles. The van der Waals surface area contributed by atoms with Crippen molar-refractivity contribution in [3.05, 3.63) is 12.2 Å². The lowest BCUT2D eigenvalue weighted by Gasteiger charge is -2.39. The molecule has 19 heavy (non-hydrogen) atoms. The molecule has 1 aliphatic rings. The van der Waals surface area contributed by atoms with Gasteiger partial charge in [-0.1, -0.05) is 33.8 Å². The molecule has 1 heterocycles. The van der Waals surface area contributed by atoms with Crippen LogP contribution in [0.3, 0.4) is 0 Å². The predicted molar refractivity (Wildman–Crippen MR) is 81.7 cm³/mol. The molecule has 0 spiro atoms. The Hall–Kier alpha value is -0.163. The zero-order valence-corrected chi connectivity index (χ0v) is 14.5. The van der Waals surface area contributed by atoms with Gasteiger partial charge in [-0.15, -0.1) is 0 Å². The minimum atomic E-state index is -1.70. The van der Waals surface area contributed by atoms with Gasteiger partial charge in [0, 0.05) is 12.5 Å². The molecule has 0 aromatic heterocycles. The molecular weight excluding hydrogens is 256 g/mol. The van der Waals surface area contributed by atoms with Crippen LogP contribution < -0.4 is 0 Å². The third-order valence-corrected chi connectivity index (χ3v) is 8.71. The molecule has 1 rings (SSSR count). The van der Waals surface area contributed by atoms with Crippen LogP contribution in [0.5, 0.6) is 0 Å². The summed E-state index contributed by atoms with van der Waals surface area (Å²) in [6, 6.07) is 0. The van der Waals surface area contributed by atoms with Crippen molar-refractivity contribution >= 4 is 8.32 Å². The van der Waals surface area contributed by atoms with Gasteiger partial charge in [0.25, 0.3) is 0 Å². The normalized spacial score (nSPS) is 28.7. The second kappa shape index (κ2) is 6.53. The Balaban J connectivity index is 2.55. The van der Waals surface area contributed by atoms with Gasteiger partial charge < -0.3 is 13.9 Å². The molecule has 1 aliphatic heterocycles. The van der Waals surface area contributed by atoms with Gasteiger partial charge in [-0.2, -0.15) is 0 Å². The second-order valence-corrected chi connectivity index (χ2v) is 11.6. The zero-order chi connectivity index (χ0) is 14.7. The van der Waals surface area contributed by atoms with Gasteiger partial charge in [-0.3, -0.25) is 0 Å². The van der Waals surface area contributed by atoms with Crippen molar-refractivity contribution in [2.75, 3.05) is 13.2 Å². The second-order valence-electron chi connectivity index (χ2n) is 6.81. The quantitative estimate of drug-likeness (QED) is 0.565. The Morgan fingerprint density at radius 3 is 2.37 bits per heavy atom. The van der Waals surface area contributed by atoms with Crippen molar-refractivity contribution in [3.63, 3.8) is 0 Å². The standard InChI is InChI=1S/C15H30O3Si/c1-8-16-14-10-9-12(2)13(18-14)11-17-19(6,7)15(3,4)5/h9-10,12-14H,8,11H2,1-7H3/t12-,13?,14-/m0/s1. The molecule has 0 radical (unpaired) electrons. The van der Waals surface area contributed by atoms with Crippen molar-refractivity contribution < 1.29 is 13.9 Å². The summed E-state index contributed by atoms with van der Waals surface area (Å²) in [4.78, 5) is 0. The summed E-state index contributed by atoms with van der Waals surface area (Å²) in [6.45, 7) is 16.8. The maximum atomic E-state index is 6.25. The van der Waals surface area contributed by atoms with Crippen molar-refractivity contribution in [2.45, 2.75) is 65.1 Å². The Morgan fingerprint density at radius 2 is 1.84 bits per heavy atom. The van der Waals surface area contributed by atoms with Crippen molar-refractivity contribution in [2.24, 2.45) is 5.92 Å². The average Bonchev–Trinajstić information content (AvgIpc) is 2.29. The molecule has 0 aromatic rings. The largest absolute Gasteiger partial charge is 0.414 e. The van der Waals surface area contributed by atoms with Crippen LogP contribution in [0.15, 0.2) is 12.2 Å². The highest BCUT2D eigenvalue weighted by Gasteiger charge is 2.38. The summed E-state index contributed by atoms with van der Waals surface area (Å²) in [6.07, 6.45) is 4.05. The first-order valence-corrected chi connectivity index (χ1v) is 10.2. The van der Waals surface area contributed by atoms with Gasteiger partial charge in [-0.25, -0.2) is 0 Å². The van der Waals surface area contributed by atoms with Crippen molar-refractivity contribution in [1.82, 2.24) is 0 Å². The van der Waals surface area contributed by atoms with Crippen molar-refractivity contribution in [3.8, 4) is 0 Å². The van der Waals surface area contributed by atoms with E-state index < -0.39 is 8.32 Å². The highest BCUT2D eigenvalue weighted by Crippen LogP contribution is 2.37. The first-order valence-electron chi connectivity index (χ1n) is 7.26. The topological polar surface area (TPSA) is 27.7 Å². The zero-order valence-electron chi connectivity index (χ0n) is 13.5. The average molecular weight is 286 g/mol. The lowest BCUT2D eigenvalue weighted by molar-refractivity contribution is -0.163. The monoisotopic (exact) mass is 286 g/mol. The minimum Gasteiger partial charge on any atom is -0.414 e. The van der Waals surface area contributed by atoms with Gasteiger partial charge in [0.1, 0.15) is 0 Å². The molecule has 3 nitrogen and oxygen atoms in total. The van der Waals surface area contributed by atoms with E-state index in [2.05, 4.69) is 46.9 Å². The van der Waals surface area contributed by atoms with Gasteiger partial charge in [0.05, 0.1) is 12.7 Å². The SMILES string of the molecule is CCO[C@@H]1C=C[C@H](C)C(CO[Si](C)(C)C(C)(C)C)O1. The lowest BCUT2D eigenvalue weighted by Crippen LogP contribution is -2.45. The summed E-state index contributed by atoms with van der Waals surface area (Å²) in [7, 11) is -1.70.